The molecule has 1 fully saturated rings. The number of rotatable bonds is 4. The van der Waals surface area contributed by atoms with Crippen molar-refractivity contribution >= 4 is 22.9 Å². The predicted molar refractivity (Wildman–Crippen MR) is 89.9 cm³/mol. The van der Waals surface area contributed by atoms with Gasteiger partial charge in [0.25, 0.3) is 11.6 Å². The van der Waals surface area contributed by atoms with Gasteiger partial charge in [-0.2, -0.15) is 0 Å². The van der Waals surface area contributed by atoms with Crippen molar-refractivity contribution < 1.29 is 14.8 Å². The van der Waals surface area contributed by atoms with E-state index in [2.05, 4.69) is 10.3 Å². The van der Waals surface area contributed by atoms with Crippen molar-refractivity contribution in [2.24, 2.45) is 0 Å². The maximum absolute atomic E-state index is 12.3. The second-order valence-corrected chi connectivity index (χ2v) is 6.63. The Hall–Kier alpha value is -2.32. The summed E-state index contributed by atoms with van der Waals surface area (Å²) in [5.74, 6) is -0.301. The predicted octanol–water partition coefficient (Wildman–Crippen LogP) is 2.75. The molecule has 7 nitrogen and oxygen atoms in total. The van der Waals surface area contributed by atoms with E-state index in [0.29, 0.717) is 17.1 Å². The first-order valence-corrected chi connectivity index (χ1v) is 8.62. The molecule has 2 aromatic rings. The van der Waals surface area contributed by atoms with Crippen LogP contribution in [0.4, 0.5) is 5.69 Å². The van der Waals surface area contributed by atoms with E-state index in [9.17, 15) is 20.0 Å². The number of non-ortho nitro benzene ring substituents is 1. The molecule has 0 spiro atoms. The van der Waals surface area contributed by atoms with Gasteiger partial charge in [0.1, 0.15) is 10.7 Å². The number of nitrogens with zero attached hydrogens (tertiary/aromatic N) is 2. The highest BCUT2D eigenvalue weighted by Gasteiger charge is 2.25. The van der Waals surface area contributed by atoms with Crippen molar-refractivity contribution in [1.29, 1.82) is 0 Å². The molecule has 1 saturated carbocycles. The molecule has 1 aromatic heterocycles. The number of nitro groups is 1. The Morgan fingerprint density at radius 1 is 1.29 bits per heavy atom. The number of hydrogen-bond acceptors (Lipinski definition) is 6. The van der Waals surface area contributed by atoms with Gasteiger partial charge in [0.05, 0.1) is 17.1 Å². The van der Waals surface area contributed by atoms with Crippen molar-refractivity contribution in [3.8, 4) is 10.6 Å². The highest BCUT2D eigenvalue weighted by molar-refractivity contribution is 7.13. The molecule has 1 aromatic carbocycles. The van der Waals surface area contributed by atoms with Crippen LogP contribution in [0.3, 0.4) is 0 Å². The Morgan fingerprint density at radius 3 is 2.67 bits per heavy atom. The fourth-order valence-electron chi connectivity index (χ4n) is 2.76. The van der Waals surface area contributed by atoms with E-state index < -0.39 is 11.0 Å². The van der Waals surface area contributed by atoms with E-state index in [0.717, 1.165) is 24.8 Å². The van der Waals surface area contributed by atoms with Gasteiger partial charge in [-0.05, 0) is 25.0 Å². The average molecular weight is 347 g/mol. The molecule has 2 unspecified atom stereocenters. The molecule has 126 valence electrons. The molecule has 8 heteroatoms. The quantitative estimate of drug-likeness (QED) is 0.653. The third kappa shape index (κ3) is 3.60. The topological polar surface area (TPSA) is 105 Å². The van der Waals surface area contributed by atoms with E-state index in [1.165, 1.54) is 23.5 Å². The molecule has 1 amide bonds. The standard InChI is InChI=1S/C16H17N3O4S/c20-14-4-2-1-3-12(14)17-15(21)13-9-24-16(18-13)10-5-7-11(8-6-10)19(22)23/h5-9,12,14,20H,1-4H2,(H,17,21). The minimum absolute atomic E-state index is 0.0135. The van der Waals surface area contributed by atoms with Crippen LogP contribution in [0.15, 0.2) is 29.6 Å². The summed E-state index contributed by atoms with van der Waals surface area (Å²) in [4.78, 5) is 26.8. The summed E-state index contributed by atoms with van der Waals surface area (Å²) in [6.07, 6.45) is 2.94. The average Bonchev–Trinajstić information content (AvgIpc) is 3.07. The van der Waals surface area contributed by atoms with Crippen LogP contribution in [0.2, 0.25) is 0 Å². The number of amides is 1. The molecule has 1 aliphatic carbocycles. The van der Waals surface area contributed by atoms with E-state index in [-0.39, 0.29) is 17.6 Å². The summed E-state index contributed by atoms with van der Waals surface area (Å²) in [6.45, 7) is 0. The van der Waals surface area contributed by atoms with Crippen LogP contribution in [-0.4, -0.2) is 33.1 Å². The first kappa shape index (κ1) is 16.5. The van der Waals surface area contributed by atoms with Gasteiger partial charge in [0, 0.05) is 23.1 Å². The molecule has 0 aliphatic heterocycles. The Labute approximate surface area is 142 Å². The molecule has 24 heavy (non-hydrogen) atoms. The van der Waals surface area contributed by atoms with Gasteiger partial charge in [-0.15, -0.1) is 11.3 Å². The van der Waals surface area contributed by atoms with Gasteiger partial charge in [-0.1, -0.05) is 12.8 Å². The van der Waals surface area contributed by atoms with E-state index in [1.807, 2.05) is 0 Å². The van der Waals surface area contributed by atoms with Crippen LogP contribution in [-0.2, 0) is 0 Å². The van der Waals surface area contributed by atoms with Gasteiger partial charge in [-0.3, -0.25) is 14.9 Å². The number of aliphatic hydroxyl groups is 1. The Kier molecular flexibility index (Phi) is 4.86. The van der Waals surface area contributed by atoms with Gasteiger partial charge in [0.2, 0.25) is 0 Å². The Bertz CT molecular complexity index is 744. The highest BCUT2D eigenvalue weighted by atomic mass is 32.1. The number of nitrogens with one attached hydrogen (secondary N) is 1. The molecule has 2 N–H and O–H groups in total. The Balaban J connectivity index is 1.70. The minimum atomic E-state index is -0.504. The molecule has 1 aliphatic rings. The summed E-state index contributed by atoms with van der Waals surface area (Å²) < 4.78 is 0. The fraction of sp³-hybridized carbons (Fsp3) is 0.375. The normalized spacial score (nSPS) is 20.5. The number of aromatic nitrogens is 1. The van der Waals surface area contributed by atoms with Gasteiger partial charge < -0.3 is 10.4 Å². The lowest BCUT2D eigenvalue weighted by Gasteiger charge is -2.27. The molecule has 0 radical (unpaired) electrons. The molecule has 0 bridgehead atoms. The van der Waals surface area contributed by atoms with E-state index in [4.69, 9.17) is 0 Å². The van der Waals surface area contributed by atoms with Crippen molar-refractivity contribution in [2.45, 2.75) is 37.8 Å². The van der Waals surface area contributed by atoms with Crippen molar-refractivity contribution in [3.05, 3.63) is 45.5 Å². The smallest absolute Gasteiger partial charge is 0.271 e. The number of hydrogen-bond donors (Lipinski definition) is 2. The largest absolute Gasteiger partial charge is 0.391 e. The van der Waals surface area contributed by atoms with Crippen LogP contribution >= 0.6 is 11.3 Å². The number of benzene rings is 1. The van der Waals surface area contributed by atoms with Crippen molar-refractivity contribution in [3.63, 3.8) is 0 Å². The molecule has 1 heterocycles. The molecule has 0 saturated heterocycles. The van der Waals surface area contributed by atoms with E-state index >= 15 is 0 Å². The maximum Gasteiger partial charge on any atom is 0.271 e. The third-order valence-corrected chi connectivity index (χ3v) is 5.00. The van der Waals surface area contributed by atoms with Crippen molar-refractivity contribution in [1.82, 2.24) is 10.3 Å². The number of carbonyl (C=O) groups is 1. The second-order valence-electron chi connectivity index (χ2n) is 5.77. The van der Waals surface area contributed by atoms with Gasteiger partial charge in [0.15, 0.2) is 0 Å². The highest BCUT2D eigenvalue weighted by Crippen LogP contribution is 2.26. The SMILES string of the molecule is O=C(NC1CCCCC1O)c1csc(-c2ccc([N+](=O)[O-])cc2)n1. The summed E-state index contributed by atoms with van der Waals surface area (Å²) in [6, 6.07) is 5.83. The zero-order valence-electron chi connectivity index (χ0n) is 12.8. The lowest BCUT2D eigenvalue weighted by molar-refractivity contribution is -0.384. The second kappa shape index (κ2) is 7.06. The Morgan fingerprint density at radius 2 is 2.00 bits per heavy atom. The first-order chi connectivity index (χ1) is 11.5. The summed E-state index contributed by atoms with van der Waals surface area (Å²) in [7, 11) is 0. The third-order valence-electron chi connectivity index (χ3n) is 4.11. The monoisotopic (exact) mass is 347 g/mol. The molecular formula is C16H17N3O4S. The van der Waals surface area contributed by atoms with Crippen LogP contribution < -0.4 is 5.32 Å². The van der Waals surface area contributed by atoms with Crippen LogP contribution in [0, 0.1) is 10.1 Å². The summed E-state index contributed by atoms with van der Waals surface area (Å²) in [5, 5.41) is 25.7. The van der Waals surface area contributed by atoms with Gasteiger partial charge in [-0.25, -0.2) is 4.98 Å². The summed E-state index contributed by atoms with van der Waals surface area (Å²) in [5.41, 5.74) is 1.04. The number of nitro benzene ring substituents is 1. The van der Waals surface area contributed by atoms with Crippen LogP contribution in [0.5, 0.6) is 0 Å². The van der Waals surface area contributed by atoms with Gasteiger partial charge >= 0.3 is 0 Å². The zero-order chi connectivity index (χ0) is 17.1. The number of aliphatic hydroxyl groups excluding tert-OH is 1. The van der Waals surface area contributed by atoms with E-state index in [1.54, 1.807) is 17.5 Å². The minimum Gasteiger partial charge on any atom is -0.391 e. The molecular weight excluding hydrogens is 330 g/mol. The zero-order valence-corrected chi connectivity index (χ0v) is 13.7. The van der Waals surface area contributed by atoms with Crippen molar-refractivity contribution in [2.75, 3.05) is 0 Å². The first-order valence-electron chi connectivity index (χ1n) is 7.74. The maximum atomic E-state index is 12.3. The number of carbonyl (C=O) groups excluding carboxylic acids is 1. The number of thiazole rings is 1. The lowest BCUT2D eigenvalue weighted by Crippen LogP contribution is -2.45. The molecule has 3 rings (SSSR count). The van der Waals surface area contributed by atoms with Crippen LogP contribution in [0.1, 0.15) is 36.2 Å². The molecule has 2 atom stereocenters. The fourth-order valence-corrected chi connectivity index (χ4v) is 3.56. The van der Waals surface area contributed by atoms with Crippen LogP contribution in [0.25, 0.3) is 10.6 Å². The lowest BCUT2D eigenvalue weighted by atomic mass is 9.92. The summed E-state index contributed by atoms with van der Waals surface area (Å²) >= 11 is 1.30.